The predicted octanol–water partition coefficient (Wildman–Crippen LogP) is 3.69. The Bertz CT molecular complexity index is 1110. The number of aldehydes is 1. The normalized spacial score (nSPS) is 15.0. The molecule has 0 unspecified atom stereocenters. The number of esters is 1. The number of nitrogens with zero attached hydrogens (tertiary/aromatic N) is 4. The second-order valence-corrected chi connectivity index (χ2v) is 7.39. The quantitative estimate of drug-likeness (QED) is 0.435. The Hall–Kier alpha value is -3.13. The molecule has 0 saturated carbocycles. The number of methoxy groups -OCH3 is 1. The number of carbonyl (C=O) groups excluding carboxylic acids is 2. The van der Waals surface area contributed by atoms with Gasteiger partial charge < -0.3 is 4.74 Å². The molecule has 3 aromatic rings. The number of hydrogen-bond donors (Lipinski definition) is 0. The van der Waals surface area contributed by atoms with Crippen molar-refractivity contribution in [1.29, 1.82) is 0 Å². The molecule has 0 radical (unpaired) electrons. The van der Waals surface area contributed by atoms with Crippen LogP contribution in [0.3, 0.4) is 0 Å². The van der Waals surface area contributed by atoms with Gasteiger partial charge in [-0.1, -0.05) is 22.0 Å². The van der Waals surface area contributed by atoms with Crippen molar-refractivity contribution in [3.8, 4) is 5.69 Å². The van der Waals surface area contributed by atoms with Gasteiger partial charge in [0.2, 0.25) is 0 Å². The zero-order valence-corrected chi connectivity index (χ0v) is 17.2. The average Bonchev–Trinajstić information content (AvgIpc) is 3.12. The molecule has 1 aliphatic rings. The highest BCUT2D eigenvalue weighted by atomic mass is 79.9. The summed E-state index contributed by atoms with van der Waals surface area (Å²) in [6.45, 7) is 0. The fourth-order valence-corrected chi connectivity index (χ4v) is 3.76. The second kappa shape index (κ2) is 8.08. The first-order chi connectivity index (χ1) is 14.1. The van der Waals surface area contributed by atoms with E-state index in [9.17, 15) is 9.59 Å². The number of benzene rings is 1. The number of ether oxygens (including phenoxy) is 1. The number of rotatable bonds is 5. The summed E-state index contributed by atoms with van der Waals surface area (Å²) in [5.41, 5.74) is 3.41. The van der Waals surface area contributed by atoms with Crippen LogP contribution in [0.4, 0.5) is 0 Å². The van der Waals surface area contributed by atoms with Gasteiger partial charge in [0.25, 0.3) is 0 Å². The van der Waals surface area contributed by atoms with Crippen LogP contribution in [-0.2, 0) is 9.53 Å². The van der Waals surface area contributed by atoms with E-state index in [1.54, 1.807) is 10.8 Å². The smallest absolute Gasteiger partial charge is 0.305 e. The highest BCUT2D eigenvalue weighted by Gasteiger charge is 2.28. The third kappa shape index (κ3) is 3.63. The molecule has 8 heteroatoms. The van der Waals surface area contributed by atoms with Crippen molar-refractivity contribution in [3.63, 3.8) is 0 Å². The van der Waals surface area contributed by atoms with Gasteiger partial charge in [-0.2, -0.15) is 0 Å². The van der Waals surface area contributed by atoms with Gasteiger partial charge in [-0.25, -0.2) is 4.98 Å². The molecule has 1 atom stereocenters. The van der Waals surface area contributed by atoms with E-state index in [0.29, 0.717) is 29.3 Å². The molecule has 146 valence electrons. The van der Waals surface area contributed by atoms with E-state index in [1.807, 2.05) is 36.4 Å². The number of fused-ring (bicyclic) bond motifs is 3. The van der Waals surface area contributed by atoms with E-state index in [0.717, 1.165) is 22.0 Å². The van der Waals surface area contributed by atoms with E-state index in [2.05, 4.69) is 25.9 Å². The van der Waals surface area contributed by atoms with Crippen LogP contribution < -0.4 is 0 Å². The van der Waals surface area contributed by atoms with Crippen LogP contribution in [-0.4, -0.2) is 39.6 Å². The van der Waals surface area contributed by atoms with E-state index >= 15 is 0 Å². The third-order valence-electron chi connectivity index (χ3n) is 4.73. The molecule has 4 rings (SSSR count). The van der Waals surface area contributed by atoms with Crippen molar-refractivity contribution < 1.29 is 14.3 Å². The summed E-state index contributed by atoms with van der Waals surface area (Å²) in [5, 5.41) is 0. The van der Waals surface area contributed by atoms with E-state index in [4.69, 9.17) is 9.73 Å². The zero-order chi connectivity index (χ0) is 20.4. The molecular weight excluding hydrogens is 436 g/mol. The van der Waals surface area contributed by atoms with Crippen LogP contribution >= 0.6 is 15.9 Å². The molecule has 0 aliphatic carbocycles. The van der Waals surface area contributed by atoms with Gasteiger partial charge in [-0.05, 0) is 36.8 Å². The lowest BCUT2D eigenvalue weighted by Crippen LogP contribution is -2.10. The molecule has 0 N–H and O–H groups in total. The van der Waals surface area contributed by atoms with Crippen LogP contribution in [0.2, 0.25) is 0 Å². The van der Waals surface area contributed by atoms with Gasteiger partial charge in [0, 0.05) is 22.7 Å². The van der Waals surface area contributed by atoms with Crippen LogP contribution in [0.5, 0.6) is 0 Å². The Morgan fingerprint density at radius 3 is 2.86 bits per heavy atom. The summed E-state index contributed by atoms with van der Waals surface area (Å²) in [6, 6.07) is 10.9. The van der Waals surface area contributed by atoms with Crippen LogP contribution in [0.25, 0.3) is 5.69 Å². The molecular formula is C21H17BrN4O3. The van der Waals surface area contributed by atoms with Crippen LogP contribution in [0.15, 0.2) is 58.3 Å². The van der Waals surface area contributed by atoms with Crippen molar-refractivity contribution in [2.24, 2.45) is 4.99 Å². The zero-order valence-electron chi connectivity index (χ0n) is 15.6. The minimum atomic E-state index is -0.439. The Labute approximate surface area is 175 Å². The lowest BCUT2D eigenvalue weighted by molar-refractivity contribution is -0.140. The Morgan fingerprint density at radius 2 is 2.14 bits per heavy atom. The second-order valence-electron chi connectivity index (χ2n) is 6.48. The SMILES string of the molecule is COC(=O)CC[C@@H]1N=C(c2ccccn2)c2cc(Br)ccc2-n2c(C=O)cnc21. The number of aliphatic imine (C=N–C) groups is 1. The van der Waals surface area contributed by atoms with E-state index < -0.39 is 6.04 Å². The van der Waals surface area contributed by atoms with Crippen molar-refractivity contribution in [3.05, 3.63) is 76.0 Å². The minimum absolute atomic E-state index is 0.184. The largest absolute Gasteiger partial charge is 0.469 e. The maximum Gasteiger partial charge on any atom is 0.305 e. The standard InChI is InChI=1S/C21H17BrN4O3/c1-29-19(28)8-6-17-21-24-11-14(12-27)26(21)18-7-5-13(22)10-15(18)20(25-17)16-4-2-3-9-23-16/h2-5,7,9-12,17H,6,8H2,1H3/t17-/m0/s1. The minimum Gasteiger partial charge on any atom is -0.469 e. The Kier molecular flexibility index (Phi) is 5.35. The molecule has 0 bridgehead atoms. The highest BCUT2D eigenvalue weighted by Crippen LogP contribution is 2.34. The monoisotopic (exact) mass is 452 g/mol. The maximum atomic E-state index is 11.8. The van der Waals surface area contributed by atoms with Gasteiger partial charge in [-0.3, -0.25) is 24.1 Å². The average molecular weight is 453 g/mol. The van der Waals surface area contributed by atoms with Gasteiger partial charge in [0.15, 0.2) is 6.29 Å². The first-order valence-electron chi connectivity index (χ1n) is 9.01. The molecule has 1 aliphatic heterocycles. The topological polar surface area (TPSA) is 86.4 Å². The molecule has 29 heavy (non-hydrogen) atoms. The van der Waals surface area contributed by atoms with Gasteiger partial charge in [0.1, 0.15) is 17.6 Å². The Morgan fingerprint density at radius 1 is 1.28 bits per heavy atom. The summed E-state index contributed by atoms with van der Waals surface area (Å²) in [5.74, 6) is 0.281. The summed E-state index contributed by atoms with van der Waals surface area (Å²) in [7, 11) is 1.36. The van der Waals surface area contributed by atoms with Crippen molar-refractivity contribution in [2.75, 3.05) is 7.11 Å². The number of imidazole rings is 1. The number of halogens is 1. The third-order valence-corrected chi connectivity index (χ3v) is 5.23. The predicted molar refractivity (Wildman–Crippen MR) is 111 cm³/mol. The van der Waals surface area contributed by atoms with Crippen molar-refractivity contribution in [2.45, 2.75) is 18.9 Å². The first-order valence-corrected chi connectivity index (χ1v) is 9.80. The summed E-state index contributed by atoms with van der Waals surface area (Å²) < 4.78 is 7.47. The lowest BCUT2D eigenvalue weighted by atomic mass is 10.0. The molecule has 1 aromatic carbocycles. The molecule has 7 nitrogen and oxygen atoms in total. The van der Waals surface area contributed by atoms with Crippen molar-refractivity contribution >= 4 is 33.9 Å². The maximum absolute atomic E-state index is 11.8. The molecule has 0 saturated heterocycles. The molecule has 2 aromatic heterocycles. The summed E-state index contributed by atoms with van der Waals surface area (Å²) >= 11 is 3.53. The van der Waals surface area contributed by atoms with E-state index in [-0.39, 0.29) is 12.4 Å². The molecule has 0 spiro atoms. The van der Waals surface area contributed by atoms with Gasteiger partial charge >= 0.3 is 5.97 Å². The number of carbonyl (C=O) groups is 2. The lowest BCUT2D eigenvalue weighted by Gasteiger charge is -2.13. The van der Waals surface area contributed by atoms with E-state index in [1.165, 1.54) is 13.3 Å². The van der Waals surface area contributed by atoms with Crippen LogP contribution in [0.1, 0.15) is 46.5 Å². The molecule has 0 fully saturated rings. The summed E-state index contributed by atoms with van der Waals surface area (Å²) in [4.78, 5) is 37.3. The number of pyridine rings is 1. The number of hydrogen-bond acceptors (Lipinski definition) is 6. The van der Waals surface area contributed by atoms with Crippen LogP contribution in [0, 0.1) is 0 Å². The molecule has 0 amide bonds. The fourth-order valence-electron chi connectivity index (χ4n) is 3.39. The first kappa shape index (κ1) is 19.2. The fraction of sp³-hybridized carbons (Fsp3) is 0.190. The molecule has 3 heterocycles. The van der Waals surface area contributed by atoms with Gasteiger partial charge in [-0.15, -0.1) is 0 Å². The highest BCUT2D eigenvalue weighted by molar-refractivity contribution is 9.10. The Balaban J connectivity index is 1.95. The number of aromatic nitrogens is 3. The van der Waals surface area contributed by atoms with Crippen molar-refractivity contribution in [1.82, 2.24) is 14.5 Å². The van der Waals surface area contributed by atoms with Gasteiger partial charge in [0.05, 0.1) is 30.4 Å². The summed E-state index contributed by atoms with van der Waals surface area (Å²) in [6.07, 6.45) is 4.59.